The summed E-state index contributed by atoms with van der Waals surface area (Å²) in [6.07, 6.45) is 1.98. The molecule has 0 radical (unpaired) electrons. The Morgan fingerprint density at radius 1 is 1.00 bits per heavy atom. The van der Waals surface area contributed by atoms with E-state index in [0.717, 1.165) is 12.8 Å². The molecule has 0 bridgehead atoms. The Kier molecular flexibility index (Phi) is 11.5. The Balaban J connectivity index is 0. The fourth-order valence-corrected chi connectivity index (χ4v) is 1.44. The van der Waals surface area contributed by atoms with Crippen molar-refractivity contribution < 1.29 is 14.9 Å². The summed E-state index contributed by atoms with van der Waals surface area (Å²) in [5, 5.41) is 18.6. The largest absolute Gasteiger partial charge is 0.396 e. The summed E-state index contributed by atoms with van der Waals surface area (Å²) in [5.41, 5.74) is -0.274. The first kappa shape index (κ1) is 18.3. The zero-order valence-electron chi connectivity index (χ0n) is 11.8. The second-order valence-electron chi connectivity index (χ2n) is 5.17. The van der Waals surface area contributed by atoms with E-state index in [1.54, 1.807) is 14.2 Å². The van der Waals surface area contributed by atoms with Crippen LogP contribution in [0.25, 0.3) is 0 Å². The average Bonchev–Trinajstić information content (AvgIpc) is 2.20. The Hall–Kier alpha value is -0.120. The van der Waals surface area contributed by atoms with Crippen LogP contribution in [0, 0.1) is 17.3 Å². The summed E-state index contributed by atoms with van der Waals surface area (Å²) in [7, 11) is 3.25. The van der Waals surface area contributed by atoms with Crippen LogP contribution < -0.4 is 0 Å². The number of hydrogen-bond donors (Lipinski definition) is 2. The molecule has 0 aromatic heterocycles. The number of hydrogen-bond acceptors (Lipinski definition) is 3. The van der Waals surface area contributed by atoms with Crippen molar-refractivity contribution in [1.82, 2.24) is 0 Å². The van der Waals surface area contributed by atoms with Gasteiger partial charge in [0.2, 0.25) is 0 Å². The topological polar surface area (TPSA) is 49.7 Å². The van der Waals surface area contributed by atoms with E-state index in [4.69, 9.17) is 0 Å². The molecule has 0 unspecified atom stereocenters. The fraction of sp³-hybridized carbons (Fsp3) is 1.00. The summed E-state index contributed by atoms with van der Waals surface area (Å²) in [4.78, 5) is 0. The average molecular weight is 234 g/mol. The Morgan fingerprint density at radius 2 is 1.38 bits per heavy atom. The maximum absolute atomic E-state index is 9.30. The van der Waals surface area contributed by atoms with Crippen LogP contribution in [0.1, 0.15) is 40.5 Å². The third-order valence-corrected chi connectivity index (χ3v) is 3.07. The molecule has 100 valence electrons. The first-order valence-electron chi connectivity index (χ1n) is 6.02. The van der Waals surface area contributed by atoms with Gasteiger partial charge < -0.3 is 14.9 Å². The van der Waals surface area contributed by atoms with Gasteiger partial charge in [0.1, 0.15) is 0 Å². The summed E-state index contributed by atoms with van der Waals surface area (Å²) in [6, 6.07) is 0. The summed E-state index contributed by atoms with van der Waals surface area (Å²) in [6.45, 7) is 8.64. The highest BCUT2D eigenvalue weighted by Crippen LogP contribution is 2.33. The second-order valence-corrected chi connectivity index (χ2v) is 5.17. The van der Waals surface area contributed by atoms with Crippen LogP contribution >= 0.6 is 0 Å². The molecule has 0 amide bonds. The highest BCUT2D eigenvalue weighted by molar-refractivity contribution is 4.81. The highest BCUT2D eigenvalue weighted by atomic mass is 16.4. The summed E-state index contributed by atoms with van der Waals surface area (Å²) >= 11 is 0. The number of rotatable bonds is 6. The first-order chi connectivity index (χ1) is 7.40. The van der Waals surface area contributed by atoms with Crippen LogP contribution in [0.2, 0.25) is 0 Å². The zero-order valence-corrected chi connectivity index (χ0v) is 11.8. The minimum absolute atomic E-state index is 0.0912. The van der Waals surface area contributed by atoms with E-state index in [1.165, 1.54) is 0 Å². The van der Waals surface area contributed by atoms with Gasteiger partial charge in [-0.2, -0.15) is 0 Å². The van der Waals surface area contributed by atoms with Gasteiger partial charge in [-0.3, -0.25) is 0 Å². The molecule has 0 rings (SSSR count). The Bertz CT molecular complexity index is 140. The van der Waals surface area contributed by atoms with Crippen molar-refractivity contribution in [1.29, 1.82) is 0 Å². The summed E-state index contributed by atoms with van der Waals surface area (Å²) in [5.74, 6) is 0.970. The van der Waals surface area contributed by atoms with E-state index in [2.05, 4.69) is 32.4 Å². The second kappa shape index (κ2) is 10.1. The normalized spacial score (nSPS) is 11.6. The van der Waals surface area contributed by atoms with Gasteiger partial charge in [-0.1, -0.05) is 34.1 Å². The van der Waals surface area contributed by atoms with Crippen molar-refractivity contribution >= 4 is 0 Å². The standard InChI is InChI=1S/C11H24O2.C2H6O/c1-9(2)5-6-11(7-12,8-13)10(3)4;1-3-2/h9-10,12-13H,5-8H2,1-4H3;1-2H3. The van der Waals surface area contributed by atoms with Gasteiger partial charge >= 0.3 is 0 Å². The molecular weight excluding hydrogens is 204 g/mol. The molecule has 0 aromatic rings. The lowest BCUT2D eigenvalue weighted by Gasteiger charge is -2.34. The van der Waals surface area contributed by atoms with Gasteiger partial charge in [0, 0.05) is 19.6 Å². The van der Waals surface area contributed by atoms with Crippen LogP contribution in [-0.2, 0) is 4.74 Å². The molecule has 0 aliphatic heterocycles. The number of methoxy groups -OCH3 is 1. The quantitative estimate of drug-likeness (QED) is 0.741. The van der Waals surface area contributed by atoms with Crippen molar-refractivity contribution in [2.75, 3.05) is 27.4 Å². The lowest BCUT2D eigenvalue weighted by molar-refractivity contribution is 0.00497. The van der Waals surface area contributed by atoms with Crippen LogP contribution in [0.4, 0.5) is 0 Å². The van der Waals surface area contributed by atoms with E-state index in [0.29, 0.717) is 11.8 Å². The van der Waals surface area contributed by atoms with E-state index < -0.39 is 0 Å². The predicted octanol–water partition coefficient (Wildman–Crippen LogP) is 2.31. The van der Waals surface area contributed by atoms with Gasteiger partial charge in [-0.15, -0.1) is 0 Å². The Morgan fingerprint density at radius 3 is 1.56 bits per heavy atom. The Labute approximate surface area is 101 Å². The fourth-order valence-electron chi connectivity index (χ4n) is 1.44. The monoisotopic (exact) mass is 234 g/mol. The van der Waals surface area contributed by atoms with E-state index in [1.807, 2.05) is 0 Å². The van der Waals surface area contributed by atoms with Crippen molar-refractivity contribution in [2.45, 2.75) is 40.5 Å². The molecule has 0 heterocycles. The van der Waals surface area contributed by atoms with Crippen LogP contribution in [0.5, 0.6) is 0 Å². The lowest BCUT2D eigenvalue weighted by atomic mass is 9.74. The van der Waals surface area contributed by atoms with E-state index >= 15 is 0 Å². The van der Waals surface area contributed by atoms with E-state index in [9.17, 15) is 10.2 Å². The van der Waals surface area contributed by atoms with E-state index in [-0.39, 0.29) is 18.6 Å². The van der Waals surface area contributed by atoms with Crippen molar-refractivity contribution in [3.05, 3.63) is 0 Å². The molecular formula is C13H30O3. The SMILES string of the molecule is CC(C)CCC(CO)(CO)C(C)C.COC. The molecule has 16 heavy (non-hydrogen) atoms. The molecule has 0 aromatic carbocycles. The highest BCUT2D eigenvalue weighted by Gasteiger charge is 2.32. The molecule has 0 aliphatic rings. The zero-order chi connectivity index (χ0) is 13.2. The molecule has 3 nitrogen and oxygen atoms in total. The van der Waals surface area contributed by atoms with Crippen LogP contribution in [0.15, 0.2) is 0 Å². The third kappa shape index (κ3) is 7.20. The third-order valence-electron chi connectivity index (χ3n) is 3.07. The van der Waals surface area contributed by atoms with Gasteiger partial charge in [0.25, 0.3) is 0 Å². The molecule has 3 heteroatoms. The lowest BCUT2D eigenvalue weighted by Crippen LogP contribution is -2.35. The molecule has 0 atom stereocenters. The minimum Gasteiger partial charge on any atom is -0.396 e. The smallest absolute Gasteiger partial charge is 0.0511 e. The molecule has 0 spiro atoms. The van der Waals surface area contributed by atoms with Gasteiger partial charge in [0.05, 0.1) is 13.2 Å². The number of ether oxygens (including phenoxy) is 1. The van der Waals surface area contributed by atoms with Crippen LogP contribution in [0.3, 0.4) is 0 Å². The molecule has 0 saturated heterocycles. The van der Waals surface area contributed by atoms with Crippen molar-refractivity contribution in [3.63, 3.8) is 0 Å². The molecule has 0 saturated carbocycles. The number of aliphatic hydroxyl groups is 2. The molecule has 2 N–H and O–H groups in total. The van der Waals surface area contributed by atoms with Crippen molar-refractivity contribution in [2.24, 2.45) is 17.3 Å². The molecule has 0 aliphatic carbocycles. The van der Waals surface area contributed by atoms with Gasteiger partial charge in [0.15, 0.2) is 0 Å². The number of aliphatic hydroxyl groups excluding tert-OH is 2. The maximum atomic E-state index is 9.30. The maximum Gasteiger partial charge on any atom is 0.0511 e. The van der Waals surface area contributed by atoms with Gasteiger partial charge in [-0.25, -0.2) is 0 Å². The molecule has 0 fully saturated rings. The summed E-state index contributed by atoms with van der Waals surface area (Å²) < 4.78 is 4.25. The first-order valence-corrected chi connectivity index (χ1v) is 6.02. The predicted molar refractivity (Wildman–Crippen MR) is 68.4 cm³/mol. The van der Waals surface area contributed by atoms with Gasteiger partial charge in [-0.05, 0) is 18.3 Å². The minimum atomic E-state index is -0.274. The van der Waals surface area contributed by atoms with Crippen molar-refractivity contribution in [3.8, 4) is 0 Å². The van der Waals surface area contributed by atoms with Crippen LogP contribution in [-0.4, -0.2) is 37.6 Å².